The molecule has 0 aliphatic carbocycles. The van der Waals surface area contributed by atoms with Crippen LogP contribution in [0.5, 0.6) is 0 Å². The maximum atomic E-state index is 6.12. The second-order valence-electron chi connectivity index (χ2n) is 4.61. The number of aromatic nitrogens is 2. The number of nitrogens with one attached hydrogen (secondary N) is 1. The molecule has 19 heavy (non-hydrogen) atoms. The number of nitrogens with zero attached hydrogens (tertiary/aromatic N) is 2. The Hall–Kier alpha value is -1.49. The Balaban J connectivity index is 2.24. The average Bonchev–Trinajstić information content (AvgIpc) is 2.66. The number of benzene rings is 1. The highest BCUT2D eigenvalue weighted by Gasteiger charge is 2.14. The van der Waals surface area contributed by atoms with Crippen LogP contribution in [0.4, 0.5) is 11.5 Å². The molecule has 5 heteroatoms. The summed E-state index contributed by atoms with van der Waals surface area (Å²) in [5, 5.41) is 7.84. The Kier molecular flexibility index (Phi) is 4.14. The fraction of sp³-hybridized carbons (Fsp3) is 0.357. The third-order valence-corrected chi connectivity index (χ3v) is 3.69. The topological polar surface area (TPSA) is 55.9 Å². The van der Waals surface area contributed by atoms with Crippen molar-refractivity contribution < 1.29 is 0 Å². The van der Waals surface area contributed by atoms with Gasteiger partial charge in [0.1, 0.15) is 5.82 Å². The van der Waals surface area contributed by atoms with Gasteiger partial charge in [0.05, 0.1) is 17.4 Å². The first kappa shape index (κ1) is 13.9. The predicted octanol–water partition coefficient (Wildman–Crippen LogP) is 3.50. The van der Waals surface area contributed by atoms with Gasteiger partial charge in [-0.05, 0) is 31.0 Å². The molecule has 0 fully saturated rings. The standard InChI is InChI=1S/C14H19BrN4/c1-4-12-13(16)14(19(3)18-12)17-9(2)10-6-5-7-11(15)8-10/h5-9,17H,4,16H2,1-3H3. The van der Waals surface area contributed by atoms with Crippen molar-refractivity contribution in [1.82, 2.24) is 9.78 Å². The molecule has 0 spiro atoms. The van der Waals surface area contributed by atoms with Gasteiger partial charge in [-0.1, -0.05) is 35.0 Å². The Bertz CT molecular complexity index is 577. The molecule has 1 atom stereocenters. The maximum absolute atomic E-state index is 6.12. The molecular formula is C14H19BrN4. The second-order valence-corrected chi connectivity index (χ2v) is 5.52. The summed E-state index contributed by atoms with van der Waals surface area (Å²) in [6, 6.07) is 8.41. The molecule has 102 valence electrons. The summed E-state index contributed by atoms with van der Waals surface area (Å²) in [5.41, 5.74) is 9.00. The van der Waals surface area contributed by atoms with Gasteiger partial charge in [-0.25, -0.2) is 0 Å². The molecule has 4 nitrogen and oxygen atoms in total. The molecule has 1 heterocycles. The quantitative estimate of drug-likeness (QED) is 0.905. The third-order valence-electron chi connectivity index (χ3n) is 3.20. The molecule has 2 rings (SSSR count). The average molecular weight is 323 g/mol. The highest BCUT2D eigenvalue weighted by atomic mass is 79.9. The monoisotopic (exact) mass is 322 g/mol. The molecular weight excluding hydrogens is 304 g/mol. The lowest BCUT2D eigenvalue weighted by atomic mass is 10.1. The van der Waals surface area contributed by atoms with Gasteiger partial charge in [-0.3, -0.25) is 4.68 Å². The zero-order chi connectivity index (χ0) is 14.0. The van der Waals surface area contributed by atoms with Crippen LogP contribution in [0.25, 0.3) is 0 Å². The molecule has 2 aromatic rings. The van der Waals surface area contributed by atoms with Gasteiger partial charge in [-0.2, -0.15) is 5.10 Å². The zero-order valence-corrected chi connectivity index (χ0v) is 13.0. The Morgan fingerprint density at radius 1 is 1.47 bits per heavy atom. The number of nitrogen functional groups attached to an aromatic ring is 1. The molecule has 0 aliphatic heterocycles. The van der Waals surface area contributed by atoms with Crippen LogP contribution in [0, 0.1) is 0 Å². The van der Waals surface area contributed by atoms with Crippen molar-refractivity contribution in [1.29, 1.82) is 0 Å². The van der Waals surface area contributed by atoms with E-state index >= 15 is 0 Å². The number of hydrogen-bond acceptors (Lipinski definition) is 3. The fourth-order valence-corrected chi connectivity index (χ4v) is 2.51. The van der Waals surface area contributed by atoms with Gasteiger partial charge >= 0.3 is 0 Å². The minimum absolute atomic E-state index is 0.167. The van der Waals surface area contributed by atoms with Crippen LogP contribution in [0.3, 0.4) is 0 Å². The van der Waals surface area contributed by atoms with E-state index in [1.807, 2.05) is 23.9 Å². The first-order chi connectivity index (χ1) is 9.02. The van der Waals surface area contributed by atoms with Crippen molar-refractivity contribution in [2.75, 3.05) is 11.1 Å². The fourth-order valence-electron chi connectivity index (χ4n) is 2.09. The van der Waals surface area contributed by atoms with Gasteiger partial charge in [0, 0.05) is 11.5 Å². The largest absolute Gasteiger partial charge is 0.394 e. The first-order valence-corrected chi connectivity index (χ1v) is 7.15. The van der Waals surface area contributed by atoms with Crippen molar-refractivity contribution in [2.45, 2.75) is 26.3 Å². The highest BCUT2D eigenvalue weighted by Crippen LogP contribution is 2.27. The summed E-state index contributed by atoms with van der Waals surface area (Å²) in [4.78, 5) is 0. The summed E-state index contributed by atoms with van der Waals surface area (Å²) in [5.74, 6) is 0.879. The van der Waals surface area contributed by atoms with Crippen LogP contribution >= 0.6 is 15.9 Å². The van der Waals surface area contributed by atoms with Crippen molar-refractivity contribution in [2.24, 2.45) is 7.05 Å². The Morgan fingerprint density at radius 2 is 2.21 bits per heavy atom. The minimum atomic E-state index is 0.167. The van der Waals surface area contributed by atoms with E-state index in [9.17, 15) is 0 Å². The van der Waals surface area contributed by atoms with E-state index in [1.54, 1.807) is 0 Å². The molecule has 0 bridgehead atoms. The minimum Gasteiger partial charge on any atom is -0.394 e. The summed E-state index contributed by atoms with van der Waals surface area (Å²) >= 11 is 3.49. The lowest BCUT2D eigenvalue weighted by Crippen LogP contribution is -2.11. The van der Waals surface area contributed by atoms with Crippen molar-refractivity contribution >= 4 is 27.4 Å². The van der Waals surface area contributed by atoms with E-state index in [2.05, 4.69) is 52.3 Å². The van der Waals surface area contributed by atoms with Gasteiger partial charge in [0.15, 0.2) is 0 Å². The van der Waals surface area contributed by atoms with Crippen LogP contribution in [-0.4, -0.2) is 9.78 Å². The molecule has 3 N–H and O–H groups in total. The smallest absolute Gasteiger partial charge is 0.148 e. The molecule has 0 amide bonds. The summed E-state index contributed by atoms with van der Waals surface area (Å²) in [7, 11) is 1.91. The van der Waals surface area contributed by atoms with E-state index in [0.29, 0.717) is 0 Å². The summed E-state index contributed by atoms with van der Waals surface area (Å²) < 4.78 is 2.88. The molecule has 1 unspecified atom stereocenters. The van der Waals surface area contributed by atoms with E-state index in [0.717, 1.165) is 28.1 Å². The molecule has 1 aromatic heterocycles. The number of hydrogen-bond donors (Lipinski definition) is 2. The summed E-state index contributed by atoms with van der Waals surface area (Å²) in [6.07, 6.45) is 0.840. The second kappa shape index (κ2) is 5.65. The molecule has 0 saturated carbocycles. The van der Waals surface area contributed by atoms with E-state index in [4.69, 9.17) is 5.73 Å². The Labute approximate surface area is 122 Å². The Morgan fingerprint density at radius 3 is 2.79 bits per heavy atom. The molecule has 0 saturated heterocycles. The lowest BCUT2D eigenvalue weighted by Gasteiger charge is -2.16. The van der Waals surface area contributed by atoms with Gasteiger partial charge in [0.2, 0.25) is 0 Å². The maximum Gasteiger partial charge on any atom is 0.148 e. The van der Waals surface area contributed by atoms with E-state index in [-0.39, 0.29) is 6.04 Å². The number of nitrogens with two attached hydrogens (primary N) is 1. The molecule has 0 radical (unpaired) electrons. The van der Waals surface area contributed by atoms with Gasteiger partial charge in [-0.15, -0.1) is 0 Å². The molecule has 1 aromatic carbocycles. The van der Waals surface area contributed by atoms with Crippen LogP contribution in [0.1, 0.15) is 31.1 Å². The van der Waals surface area contributed by atoms with Crippen molar-refractivity contribution in [3.8, 4) is 0 Å². The number of rotatable bonds is 4. The SMILES string of the molecule is CCc1nn(C)c(NC(C)c2cccc(Br)c2)c1N. The summed E-state index contributed by atoms with van der Waals surface area (Å²) in [6.45, 7) is 4.17. The number of halogens is 1. The highest BCUT2D eigenvalue weighted by molar-refractivity contribution is 9.10. The van der Waals surface area contributed by atoms with Crippen molar-refractivity contribution in [3.05, 3.63) is 40.0 Å². The number of aryl methyl sites for hydroxylation is 2. The number of anilines is 2. The lowest BCUT2D eigenvalue weighted by molar-refractivity contribution is 0.734. The third kappa shape index (κ3) is 2.92. The van der Waals surface area contributed by atoms with Gasteiger partial charge in [0.25, 0.3) is 0 Å². The van der Waals surface area contributed by atoms with Crippen LogP contribution in [0.2, 0.25) is 0 Å². The van der Waals surface area contributed by atoms with Gasteiger partial charge < -0.3 is 11.1 Å². The van der Waals surface area contributed by atoms with E-state index in [1.165, 1.54) is 5.56 Å². The van der Waals surface area contributed by atoms with Crippen LogP contribution in [0.15, 0.2) is 28.7 Å². The normalized spacial score (nSPS) is 12.4. The van der Waals surface area contributed by atoms with E-state index < -0.39 is 0 Å². The molecule has 0 aliphatic rings. The van der Waals surface area contributed by atoms with Crippen molar-refractivity contribution in [3.63, 3.8) is 0 Å². The predicted molar refractivity (Wildman–Crippen MR) is 83.2 cm³/mol. The first-order valence-electron chi connectivity index (χ1n) is 6.36. The zero-order valence-electron chi connectivity index (χ0n) is 11.4. The van der Waals surface area contributed by atoms with Crippen LogP contribution in [-0.2, 0) is 13.5 Å². The van der Waals surface area contributed by atoms with Crippen LogP contribution < -0.4 is 11.1 Å².